The molecule has 0 aliphatic heterocycles. The molecule has 2 heterocycles. The van der Waals surface area contributed by atoms with Gasteiger partial charge in [-0.05, 0) is 55.2 Å². The highest BCUT2D eigenvalue weighted by Crippen LogP contribution is 2.31. The Bertz CT molecular complexity index is 1750. The number of fused-ring (bicyclic) bond motifs is 1. The number of carbonyl (C=O) groups is 3. The molecule has 0 fully saturated rings. The molecule has 0 aliphatic rings. The Morgan fingerprint density at radius 3 is 2.52 bits per heavy atom. The molecule has 0 radical (unpaired) electrons. The van der Waals surface area contributed by atoms with Gasteiger partial charge in [0.05, 0.1) is 25.0 Å². The Morgan fingerprint density at radius 1 is 1.10 bits per heavy atom. The first-order valence-electron chi connectivity index (χ1n) is 14.8. The van der Waals surface area contributed by atoms with Gasteiger partial charge < -0.3 is 42.6 Å². The largest absolute Gasteiger partial charge is 0.494 e. The van der Waals surface area contributed by atoms with Crippen molar-refractivity contribution in [2.45, 2.75) is 32.2 Å². The summed E-state index contributed by atoms with van der Waals surface area (Å²) >= 11 is 0. The van der Waals surface area contributed by atoms with E-state index in [9.17, 15) is 18.4 Å². The number of carbonyl (C=O) groups excluding carboxylic acids is 2. The molecule has 256 valence electrons. The number of benzene rings is 2. The van der Waals surface area contributed by atoms with E-state index in [4.69, 9.17) is 31.5 Å². The first-order chi connectivity index (χ1) is 23.1. The smallest absolute Gasteiger partial charge is 0.290 e. The number of carboxylic acid groups (broad SMARTS) is 1. The number of halogens is 2. The molecule has 4 rings (SSSR count). The topological polar surface area (TPSA) is 235 Å². The number of methoxy groups -OCH3 is 1. The van der Waals surface area contributed by atoms with Crippen LogP contribution in [-0.2, 0) is 16.0 Å². The molecule has 15 nitrogen and oxygen atoms in total. The maximum absolute atomic E-state index is 14.8. The van der Waals surface area contributed by atoms with Gasteiger partial charge in [-0.3, -0.25) is 24.2 Å². The van der Waals surface area contributed by atoms with E-state index in [1.807, 2.05) is 13.0 Å². The zero-order valence-corrected chi connectivity index (χ0v) is 26.3. The molecule has 0 spiro atoms. The molecule has 1 atom stereocenters. The number of rotatable bonds is 14. The van der Waals surface area contributed by atoms with Crippen LogP contribution in [0.1, 0.15) is 35.7 Å². The minimum atomic E-state index is -1.09. The fraction of sp³-hybridized carbons (Fsp3) is 0.290. The molecule has 17 heteroatoms. The summed E-state index contributed by atoms with van der Waals surface area (Å²) in [6.45, 7) is 2.54. The van der Waals surface area contributed by atoms with Gasteiger partial charge in [-0.1, -0.05) is 6.92 Å². The number of amides is 2. The molecule has 0 aliphatic carbocycles. The van der Waals surface area contributed by atoms with Crippen molar-refractivity contribution < 1.29 is 33.0 Å². The van der Waals surface area contributed by atoms with E-state index in [0.717, 1.165) is 5.56 Å². The minimum Gasteiger partial charge on any atom is -0.494 e. The number of hydrogen-bond acceptors (Lipinski definition) is 9. The summed E-state index contributed by atoms with van der Waals surface area (Å²) in [7, 11) is 1.26. The Hall–Kier alpha value is -5.84. The van der Waals surface area contributed by atoms with Crippen molar-refractivity contribution in [1.82, 2.24) is 30.3 Å². The Labute approximate surface area is 274 Å². The number of guanidine groups is 1. The van der Waals surface area contributed by atoms with E-state index in [1.165, 1.54) is 31.6 Å². The molecule has 48 heavy (non-hydrogen) atoms. The molecular formula is C31H38F2N10O5. The summed E-state index contributed by atoms with van der Waals surface area (Å²) in [5, 5.41) is 25.4. The fourth-order valence-corrected chi connectivity index (χ4v) is 4.68. The molecule has 0 unspecified atom stereocenters. The minimum absolute atomic E-state index is 0.0164. The van der Waals surface area contributed by atoms with Crippen molar-refractivity contribution in [2.24, 2.45) is 11.5 Å². The lowest BCUT2D eigenvalue weighted by Gasteiger charge is -2.14. The van der Waals surface area contributed by atoms with Crippen molar-refractivity contribution in [3.05, 3.63) is 71.7 Å². The third-order valence-corrected chi connectivity index (χ3v) is 7.02. The lowest BCUT2D eigenvalue weighted by molar-refractivity contribution is -0.123. The van der Waals surface area contributed by atoms with Crippen molar-refractivity contribution in [2.75, 3.05) is 32.1 Å². The molecule has 2 amide bonds. The van der Waals surface area contributed by atoms with Gasteiger partial charge in [-0.15, -0.1) is 0 Å². The van der Waals surface area contributed by atoms with Gasteiger partial charge in [0.25, 0.3) is 12.4 Å². The molecule has 2 aromatic carbocycles. The second-order valence-electron chi connectivity index (χ2n) is 10.1. The van der Waals surface area contributed by atoms with Crippen molar-refractivity contribution in [3.8, 4) is 17.0 Å². The molecule has 10 N–H and O–H groups in total. The number of imidazole rings is 1. The number of hydrogen-bond donors (Lipinski definition) is 8. The van der Waals surface area contributed by atoms with E-state index in [1.54, 1.807) is 22.7 Å². The second kappa shape index (κ2) is 17.7. The van der Waals surface area contributed by atoms with Gasteiger partial charge in [-0.2, -0.15) is 4.39 Å². The van der Waals surface area contributed by atoms with Crippen LogP contribution in [-0.4, -0.2) is 76.5 Å². The van der Waals surface area contributed by atoms with E-state index >= 15 is 0 Å². The molecule has 0 saturated heterocycles. The maximum atomic E-state index is 14.8. The summed E-state index contributed by atoms with van der Waals surface area (Å²) in [5.41, 5.74) is 13.7. The fourth-order valence-electron chi connectivity index (χ4n) is 4.68. The summed E-state index contributed by atoms with van der Waals surface area (Å²) in [6.07, 6.45) is 6.11. The average molecular weight is 669 g/mol. The Kier molecular flexibility index (Phi) is 13.5. The Balaban J connectivity index is 0.00000201. The van der Waals surface area contributed by atoms with Crippen LogP contribution in [0.3, 0.4) is 0 Å². The number of anilines is 2. The highest BCUT2D eigenvalue weighted by atomic mass is 19.2. The highest BCUT2D eigenvalue weighted by molar-refractivity contribution is 5.96. The lowest BCUT2D eigenvalue weighted by Crippen LogP contribution is -2.44. The summed E-state index contributed by atoms with van der Waals surface area (Å²) in [6, 6.07) is 7.30. The van der Waals surface area contributed by atoms with Crippen LogP contribution >= 0.6 is 0 Å². The summed E-state index contributed by atoms with van der Waals surface area (Å²) in [4.78, 5) is 42.2. The monoisotopic (exact) mass is 668 g/mol. The molecule has 4 aromatic rings. The summed E-state index contributed by atoms with van der Waals surface area (Å²) < 4.78 is 35.7. The third kappa shape index (κ3) is 9.35. The zero-order chi connectivity index (χ0) is 35.2. The number of nitrogens with zero attached hydrogens (tertiary/aromatic N) is 3. The average Bonchev–Trinajstić information content (AvgIpc) is 3.51. The van der Waals surface area contributed by atoms with Crippen molar-refractivity contribution in [1.29, 1.82) is 5.41 Å². The van der Waals surface area contributed by atoms with Gasteiger partial charge in [0, 0.05) is 48.8 Å². The second-order valence-corrected chi connectivity index (χ2v) is 10.1. The zero-order valence-electron chi connectivity index (χ0n) is 26.3. The quantitative estimate of drug-likeness (QED) is 0.0419. The lowest BCUT2D eigenvalue weighted by atomic mass is 10.0. The van der Waals surface area contributed by atoms with Crippen LogP contribution in [0.25, 0.3) is 16.9 Å². The molecule has 2 aromatic heterocycles. The first kappa shape index (κ1) is 36.6. The number of nitrogens with one attached hydrogen (secondary N) is 5. The highest BCUT2D eigenvalue weighted by Gasteiger charge is 2.20. The van der Waals surface area contributed by atoms with Crippen LogP contribution in [0.5, 0.6) is 5.75 Å². The predicted octanol–water partition coefficient (Wildman–Crippen LogP) is 2.13. The van der Waals surface area contributed by atoms with Crippen molar-refractivity contribution in [3.63, 3.8) is 0 Å². The van der Waals surface area contributed by atoms with Gasteiger partial charge >= 0.3 is 0 Å². The first-order valence-corrected chi connectivity index (χ1v) is 14.8. The predicted molar refractivity (Wildman–Crippen MR) is 175 cm³/mol. The van der Waals surface area contributed by atoms with Gasteiger partial charge in [-0.25, -0.2) is 14.4 Å². The van der Waals surface area contributed by atoms with E-state index in [-0.39, 0.29) is 48.6 Å². The molecular weight excluding hydrogens is 630 g/mol. The van der Waals surface area contributed by atoms with Crippen LogP contribution in [0.4, 0.5) is 20.3 Å². The van der Waals surface area contributed by atoms with Crippen LogP contribution < -0.4 is 37.5 Å². The van der Waals surface area contributed by atoms with Gasteiger partial charge in [0.2, 0.25) is 11.7 Å². The van der Waals surface area contributed by atoms with Gasteiger partial charge in [0.1, 0.15) is 0 Å². The van der Waals surface area contributed by atoms with Crippen LogP contribution in [0, 0.1) is 17.0 Å². The maximum Gasteiger partial charge on any atom is 0.290 e. The number of aromatic nitrogens is 3. The third-order valence-electron chi connectivity index (χ3n) is 7.02. The van der Waals surface area contributed by atoms with Crippen LogP contribution in [0.15, 0.2) is 48.9 Å². The number of nitrogens with two attached hydrogens (primary N) is 2. The number of ether oxygens (including phenoxy) is 1. The normalized spacial score (nSPS) is 11.1. The Morgan fingerprint density at radius 2 is 1.83 bits per heavy atom. The van der Waals surface area contributed by atoms with Crippen LogP contribution in [0.2, 0.25) is 0 Å². The molecule has 0 saturated carbocycles. The number of aryl methyl sites for hydroxylation is 1. The van der Waals surface area contributed by atoms with Gasteiger partial charge in [0.15, 0.2) is 29.0 Å². The standard InChI is InChI=1S/C30H36F2N10O3.CH2O2/c1-3-17-15-18(6-7-19(17)28(43)37-11-12-38-29(44)21(33)5-4-10-39-30(34)35)41-26-27-40-16-22(42(27)14-13-36-26)20-8-9-23(45-2)25(32)24(20)31;2-1-3/h6-9,13-16,21H,3-5,10-12,33H2,1-2H3,(H,36,41)(H,37,43)(H,38,44)(H4,34,35,39);1H,(H,2,3)/t21-;/m1./s1. The van der Waals surface area contributed by atoms with E-state index < -0.39 is 17.7 Å². The van der Waals surface area contributed by atoms with Crippen molar-refractivity contribution >= 4 is 41.4 Å². The summed E-state index contributed by atoms with van der Waals surface area (Å²) in [5.74, 6) is -2.72. The SMILES string of the molecule is CCc1cc(Nc2nccn3c(-c4ccc(OC)c(F)c4F)cnc23)ccc1C(=O)NCCNC(=O)[C@H](N)CCCNC(=N)N.O=CO. The van der Waals surface area contributed by atoms with E-state index in [2.05, 4.69) is 31.2 Å². The van der Waals surface area contributed by atoms with E-state index in [0.29, 0.717) is 54.2 Å². The molecule has 0 bridgehead atoms.